The van der Waals surface area contributed by atoms with Crippen molar-refractivity contribution in [2.24, 2.45) is 0 Å². The van der Waals surface area contributed by atoms with Gasteiger partial charge in [0.15, 0.2) is 6.61 Å². The third-order valence-electron chi connectivity index (χ3n) is 6.10. The number of aryl methyl sites for hydroxylation is 2. The van der Waals surface area contributed by atoms with Gasteiger partial charge in [-0.1, -0.05) is 71.4 Å². The summed E-state index contributed by atoms with van der Waals surface area (Å²) < 4.78 is 6.88. The highest BCUT2D eigenvalue weighted by Crippen LogP contribution is 2.19. The van der Waals surface area contributed by atoms with Crippen molar-refractivity contribution >= 4 is 27.7 Å². The number of benzene rings is 3. The van der Waals surface area contributed by atoms with E-state index in [0.717, 1.165) is 33.1 Å². The Kier molecular flexibility index (Phi) is 10.1. The lowest BCUT2D eigenvalue weighted by Gasteiger charge is -2.32. The summed E-state index contributed by atoms with van der Waals surface area (Å²) in [5.41, 5.74) is 4.07. The fourth-order valence-corrected chi connectivity index (χ4v) is 4.29. The zero-order valence-corrected chi connectivity index (χ0v) is 23.0. The molecule has 6 heteroatoms. The number of nitrogens with one attached hydrogen (secondary N) is 1. The second-order valence-corrected chi connectivity index (χ2v) is 10.2. The molecule has 0 radical (unpaired) electrons. The maximum atomic E-state index is 13.7. The predicted octanol–water partition coefficient (Wildman–Crippen LogP) is 6.00. The average molecular weight is 552 g/mol. The number of amides is 2. The van der Waals surface area contributed by atoms with Gasteiger partial charge >= 0.3 is 0 Å². The number of rotatable bonds is 11. The number of carbonyl (C=O) groups excluding carboxylic acids is 2. The number of hydrogen-bond acceptors (Lipinski definition) is 3. The van der Waals surface area contributed by atoms with Crippen LogP contribution in [0.1, 0.15) is 42.5 Å². The molecule has 0 saturated heterocycles. The smallest absolute Gasteiger partial charge is 0.261 e. The van der Waals surface area contributed by atoms with E-state index in [0.29, 0.717) is 18.7 Å². The molecule has 190 valence electrons. The average Bonchev–Trinajstić information content (AvgIpc) is 2.85. The molecule has 0 aliphatic rings. The SMILES string of the molecule is CC[C@@H](C)NC(=O)[C@H](Cc1ccccc1)N(Cc1ccc(Br)cc1)C(=O)COc1cc(C)cc(C)c1. The minimum Gasteiger partial charge on any atom is -0.484 e. The van der Waals surface area contributed by atoms with Crippen LogP contribution in [0, 0.1) is 13.8 Å². The topological polar surface area (TPSA) is 58.6 Å². The highest BCUT2D eigenvalue weighted by Gasteiger charge is 2.31. The van der Waals surface area contributed by atoms with E-state index in [-0.39, 0.29) is 24.5 Å². The van der Waals surface area contributed by atoms with E-state index < -0.39 is 6.04 Å². The molecule has 3 aromatic carbocycles. The number of halogens is 1. The first-order valence-electron chi connectivity index (χ1n) is 12.3. The van der Waals surface area contributed by atoms with Crippen molar-refractivity contribution in [3.05, 3.63) is 99.5 Å². The first-order valence-corrected chi connectivity index (χ1v) is 13.1. The Bertz CT molecular complexity index is 1130. The molecule has 0 saturated carbocycles. The second-order valence-electron chi connectivity index (χ2n) is 9.28. The van der Waals surface area contributed by atoms with Gasteiger partial charge < -0.3 is 15.0 Å². The van der Waals surface area contributed by atoms with Crippen molar-refractivity contribution < 1.29 is 14.3 Å². The van der Waals surface area contributed by atoms with Gasteiger partial charge in [-0.2, -0.15) is 0 Å². The molecule has 36 heavy (non-hydrogen) atoms. The van der Waals surface area contributed by atoms with E-state index in [9.17, 15) is 9.59 Å². The second kappa shape index (κ2) is 13.3. The molecule has 0 aliphatic carbocycles. The van der Waals surface area contributed by atoms with E-state index >= 15 is 0 Å². The fourth-order valence-electron chi connectivity index (χ4n) is 4.03. The maximum absolute atomic E-state index is 13.7. The van der Waals surface area contributed by atoms with Crippen LogP contribution in [0.4, 0.5) is 0 Å². The van der Waals surface area contributed by atoms with Crippen molar-refractivity contribution in [1.82, 2.24) is 10.2 Å². The lowest BCUT2D eigenvalue weighted by molar-refractivity contribution is -0.143. The molecule has 0 heterocycles. The Morgan fingerprint density at radius 1 is 0.944 bits per heavy atom. The molecule has 0 fully saturated rings. The molecule has 0 aliphatic heterocycles. The standard InChI is InChI=1S/C30H35BrN2O3/c1-5-23(4)32-30(35)28(18-24-9-7-6-8-10-24)33(19-25-11-13-26(31)14-12-25)29(34)20-36-27-16-21(2)15-22(3)17-27/h6-17,23,28H,5,18-20H2,1-4H3,(H,32,35)/t23-,28+/m1/s1. The molecular weight excluding hydrogens is 516 g/mol. The van der Waals surface area contributed by atoms with Crippen molar-refractivity contribution in [3.8, 4) is 5.75 Å². The Balaban J connectivity index is 1.91. The summed E-state index contributed by atoms with van der Waals surface area (Å²) in [4.78, 5) is 28.8. The van der Waals surface area contributed by atoms with Crippen LogP contribution in [0.2, 0.25) is 0 Å². The van der Waals surface area contributed by atoms with Gasteiger partial charge in [0.2, 0.25) is 5.91 Å². The van der Waals surface area contributed by atoms with Gasteiger partial charge in [0.1, 0.15) is 11.8 Å². The zero-order valence-electron chi connectivity index (χ0n) is 21.5. The summed E-state index contributed by atoms with van der Waals surface area (Å²) in [6.07, 6.45) is 1.22. The van der Waals surface area contributed by atoms with Crippen LogP contribution in [0.15, 0.2) is 77.3 Å². The quantitative estimate of drug-likeness (QED) is 0.318. The number of nitrogens with zero attached hydrogens (tertiary/aromatic N) is 1. The van der Waals surface area contributed by atoms with Crippen LogP contribution in [-0.2, 0) is 22.6 Å². The predicted molar refractivity (Wildman–Crippen MR) is 148 cm³/mol. The molecule has 0 bridgehead atoms. The van der Waals surface area contributed by atoms with Gasteiger partial charge in [0.05, 0.1) is 0 Å². The van der Waals surface area contributed by atoms with E-state index in [1.807, 2.05) is 94.4 Å². The minimum absolute atomic E-state index is 0.00641. The summed E-state index contributed by atoms with van der Waals surface area (Å²) >= 11 is 3.47. The molecule has 3 aromatic rings. The van der Waals surface area contributed by atoms with Crippen LogP contribution >= 0.6 is 15.9 Å². The molecule has 1 N–H and O–H groups in total. The van der Waals surface area contributed by atoms with Crippen LogP contribution in [0.3, 0.4) is 0 Å². The van der Waals surface area contributed by atoms with Crippen molar-refractivity contribution in [2.45, 2.75) is 59.2 Å². The first kappa shape index (κ1) is 27.5. The zero-order chi connectivity index (χ0) is 26.1. The highest BCUT2D eigenvalue weighted by atomic mass is 79.9. The summed E-state index contributed by atoms with van der Waals surface area (Å²) in [6, 6.07) is 22.8. The molecule has 2 amide bonds. The van der Waals surface area contributed by atoms with E-state index in [1.165, 1.54) is 0 Å². The largest absolute Gasteiger partial charge is 0.484 e. The number of ether oxygens (including phenoxy) is 1. The normalized spacial score (nSPS) is 12.5. The monoisotopic (exact) mass is 550 g/mol. The molecule has 5 nitrogen and oxygen atoms in total. The van der Waals surface area contributed by atoms with E-state index in [1.54, 1.807) is 4.90 Å². The summed E-state index contributed by atoms with van der Waals surface area (Å²) in [6.45, 7) is 8.14. The highest BCUT2D eigenvalue weighted by molar-refractivity contribution is 9.10. The van der Waals surface area contributed by atoms with Gasteiger partial charge in [-0.3, -0.25) is 9.59 Å². The first-order chi connectivity index (χ1) is 17.2. The molecule has 3 rings (SSSR count). The molecule has 0 unspecified atom stereocenters. The number of carbonyl (C=O) groups is 2. The van der Waals surface area contributed by atoms with Gasteiger partial charge in [-0.15, -0.1) is 0 Å². The lowest BCUT2D eigenvalue weighted by atomic mass is 10.0. The van der Waals surface area contributed by atoms with Gasteiger partial charge in [0, 0.05) is 23.5 Å². The molecule has 2 atom stereocenters. The van der Waals surface area contributed by atoms with E-state index in [2.05, 4.69) is 27.3 Å². The Morgan fingerprint density at radius 2 is 1.58 bits per heavy atom. The maximum Gasteiger partial charge on any atom is 0.261 e. The number of hydrogen-bond donors (Lipinski definition) is 1. The Hall–Kier alpha value is -3.12. The Labute approximate surface area is 223 Å². The van der Waals surface area contributed by atoms with Crippen LogP contribution in [0.5, 0.6) is 5.75 Å². The van der Waals surface area contributed by atoms with Crippen LogP contribution < -0.4 is 10.1 Å². The molecular formula is C30H35BrN2O3. The molecule has 0 aromatic heterocycles. The summed E-state index contributed by atoms with van der Waals surface area (Å²) in [5, 5.41) is 3.09. The van der Waals surface area contributed by atoms with E-state index in [4.69, 9.17) is 4.74 Å². The van der Waals surface area contributed by atoms with Crippen LogP contribution in [-0.4, -0.2) is 35.4 Å². The van der Waals surface area contributed by atoms with Gasteiger partial charge in [-0.05, 0) is 73.7 Å². The van der Waals surface area contributed by atoms with Gasteiger partial charge in [-0.25, -0.2) is 0 Å². The minimum atomic E-state index is -0.680. The van der Waals surface area contributed by atoms with Crippen LogP contribution in [0.25, 0.3) is 0 Å². The third kappa shape index (κ3) is 8.23. The van der Waals surface area contributed by atoms with Crippen molar-refractivity contribution in [2.75, 3.05) is 6.61 Å². The third-order valence-corrected chi connectivity index (χ3v) is 6.62. The summed E-state index contributed by atoms with van der Waals surface area (Å²) in [5.74, 6) is 0.246. The van der Waals surface area contributed by atoms with Crippen molar-refractivity contribution in [3.63, 3.8) is 0 Å². The van der Waals surface area contributed by atoms with Crippen molar-refractivity contribution in [1.29, 1.82) is 0 Å². The lowest BCUT2D eigenvalue weighted by Crippen LogP contribution is -2.53. The fraction of sp³-hybridized carbons (Fsp3) is 0.333. The Morgan fingerprint density at radius 3 is 2.19 bits per heavy atom. The summed E-state index contributed by atoms with van der Waals surface area (Å²) in [7, 11) is 0. The molecule has 0 spiro atoms. The van der Waals surface area contributed by atoms with Gasteiger partial charge in [0.25, 0.3) is 5.91 Å².